The van der Waals surface area contributed by atoms with E-state index in [9.17, 15) is 0 Å². The van der Waals surface area contributed by atoms with E-state index >= 15 is 0 Å². The van der Waals surface area contributed by atoms with Gasteiger partial charge in [0.15, 0.2) is 6.29 Å². The molecule has 0 bridgehead atoms. The van der Waals surface area contributed by atoms with Crippen LogP contribution in [0.1, 0.15) is 54.9 Å². The summed E-state index contributed by atoms with van der Waals surface area (Å²) in [4.78, 5) is 1.18. The molecule has 0 aromatic heterocycles. The molecule has 0 aliphatic carbocycles. The maximum Gasteiger partial charge on any atom is 0.184 e. The van der Waals surface area contributed by atoms with Gasteiger partial charge in [-0.05, 0) is 40.7 Å². The molecule has 0 radical (unpaired) electrons. The van der Waals surface area contributed by atoms with Crippen LogP contribution in [0.2, 0.25) is 0 Å². The van der Waals surface area contributed by atoms with Crippen LogP contribution in [-0.2, 0) is 42.3 Å². The summed E-state index contributed by atoms with van der Waals surface area (Å²) in [5, 5.41) is 0. The molecule has 2 fully saturated rings. The lowest BCUT2D eigenvalue weighted by molar-refractivity contribution is -0.329. The molecular weight excluding hydrogens is 568 g/mol. The first-order chi connectivity index (χ1) is 21.3. The molecule has 2 aliphatic rings. The molecule has 4 aromatic rings. The van der Waals surface area contributed by atoms with Crippen LogP contribution in [0.4, 0.5) is 0 Å². The van der Waals surface area contributed by atoms with Crippen LogP contribution in [0, 0.1) is 6.92 Å². The molecule has 2 heterocycles. The third-order valence-corrected chi connectivity index (χ3v) is 9.53. The summed E-state index contributed by atoms with van der Waals surface area (Å²) in [5.41, 5.74) is 5.35. The predicted octanol–water partition coefficient (Wildman–Crippen LogP) is 8.39. The van der Waals surface area contributed by atoms with Crippen LogP contribution in [0.5, 0.6) is 0 Å². The number of rotatable bonds is 9. The number of hydrogen-bond acceptors (Lipinski definition) is 6. The molecule has 230 valence electrons. The second-order valence-electron chi connectivity index (χ2n) is 12.6. The third kappa shape index (κ3) is 7.45. The quantitative estimate of drug-likeness (QED) is 0.190. The molecule has 44 heavy (non-hydrogen) atoms. The third-order valence-electron chi connectivity index (χ3n) is 8.22. The minimum absolute atomic E-state index is 0.0313. The minimum Gasteiger partial charge on any atom is -0.368 e. The van der Waals surface area contributed by atoms with Crippen molar-refractivity contribution in [1.82, 2.24) is 0 Å². The van der Waals surface area contributed by atoms with Gasteiger partial charge in [-0.25, -0.2) is 0 Å². The molecule has 2 saturated heterocycles. The van der Waals surface area contributed by atoms with Gasteiger partial charge < -0.3 is 23.7 Å². The number of fused-ring (bicyclic) bond motifs is 1. The Kier molecular flexibility index (Phi) is 9.86. The normalized spacial score (nSPS) is 25.4. The highest BCUT2D eigenvalue weighted by atomic mass is 32.2. The highest BCUT2D eigenvalue weighted by molar-refractivity contribution is 7.99. The predicted molar refractivity (Wildman–Crippen MR) is 174 cm³/mol. The highest BCUT2D eigenvalue weighted by Gasteiger charge is 2.51. The lowest BCUT2D eigenvalue weighted by atomic mass is 9.87. The molecule has 6 unspecified atom stereocenters. The first-order valence-electron chi connectivity index (χ1n) is 15.4. The van der Waals surface area contributed by atoms with Gasteiger partial charge in [0.2, 0.25) is 0 Å². The molecular formula is C38H42O5S. The van der Waals surface area contributed by atoms with Crippen LogP contribution < -0.4 is 0 Å². The fourth-order valence-electron chi connectivity index (χ4n) is 5.64. The van der Waals surface area contributed by atoms with Crippen LogP contribution in [-0.4, -0.2) is 36.5 Å². The Morgan fingerprint density at radius 3 is 1.93 bits per heavy atom. The van der Waals surface area contributed by atoms with E-state index < -0.39 is 18.5 Å². The van der Waals surface area contributed by atoms with E-state index in [4.69, 9.17) is 23.7 Å². The average molecular weight is 611 g/mol. The number of thioether (sulfide) groups is 1. The van der Waals surface area contributed by atoms with Gasteiger partial charge in [0, 0.05) is 10.5 Å². The molecule has 0 amide bonds. The van der Waals surface area contributed by atoms with E-state index in [0.717, 1.165) is 16.7 Å². The summed E-state index contributed by atoms with van der Waals surface area (Å²) in [6, 6.07) is 37.3. The van der Waals surface area contributed by atoms with Gasteiger partial charge in [-0.1, -0.05) is 136 Å². The first kappa shape index (κ1) is 31.0. The largest absolute Gasteiger partial charge is 0.368 e. The van der Waals surface area contributed by atoms with Crippen molar-refractivity contribution in [2.24, 2.45) is 0 Å². The number of hydrogen-bond donors (Lipinski definition) is 0. The van der Waals surface area contributed by atoms with Crippen LogP contribution in [0.3, 0.4) is 0 Å². The van der Waals surface area contributed by atoms with E-state index in [1.54, 1.807) is 11.8 Å². The SMILES string of the molecule is Cc1ccc(C(C)(C)C)cc1SC1OC2COC(c3ccccc3)OC2C(OCc2ccccc2)C1OCc1ccccc1. The minimum atomic E-state index is -0.506. The average Bonchev–Trinajstić information content (AvgIpc) is 3.04. The molecule has 0 N–H and O–H groups in total. The van der Waals surface area contributed by atoms with Crippen molar-refractivity contribution in [1.29, 1.82) is 0 Å². The summed E-state index contributed by atoms with van der Waals surface area (Å²) in [6.07, 6.45) is -1.99. The van der Waals surface area contributed by atoms with Crippen molar-refractivity contribution in [2.75, 3.05) is 6.61 Å². The molecule has 0 saturated carbocycles. The first-order valence-corrected chi connectivity index (χ1v) is 16.3. The lowest BCUT2D eigenvalue weighted by Gasteiger charge is -2.49. The Morgan fingerprint density at radius 1 is 0.727 bits per heavy atom. The van der Waals surface area contributed by atoms with E-state index in [0.29, 0.717) is 19.8 Å². The Bertz CT molecular complexity index is 1470. The Balaban J connectivity index is 1.34. The Hall–Kier alpha value is -2.97. The summed E-state index contributed by atoms with van der Waals surface area (Å²) in [5.74, 6) is 0. The number of aryl methyl sites for hydroxylation is 1. The van der Waals surface area contributed by atoms with Gasteiger partial charge in [-0.2, -0.15) is 0 Å². The monoisotopic (exact) mass is 610 g/mol. The fraction of sp³-hybridized carbons (Fsp3) is 0.368. The molecule has 6 heteroatoms. The number of ether oxygens (including phenoxy) is 5. The Morgan fingerprint density at radius 2 is 1.32 bits per heavy atom. The maximum absolute atomic E-state index is 6.85. The van der Waals surface area contributed by atoms with Crippen molar-refractivity contribution in [2.45, 2.75) is 87.4 Å². The van der Waals surface area contributed by atoms with Gasteiger partial charge in [-0.15, -0.1) is 0 Å². The van der Waals surface area contributed by atoms with Gasteiger partial charge in [0.25, 0.3) is 0 Å². The second kappa shape index (κ2) is 14.0. The van der Waals surface area contributed by atoms with Crippen molar-refractivity contribution in [3.8, 4) is 0 Å². The van der Waals surface area contributed by atoms with Gasteiger partial charge in [0.05, 0.1) is 19.8 Å². The summed E-state index contributed by atoms with van der Waals surface area (Å²) in [7, 11) is 0. The molecule has 0 spiro atoms. The van der Waals surface area contributed by atoms with Crippen molar-refractivity contribution >= 4 is 11.8 Å². The van der Waals surface area contributed by atoms with E-state index in [-0.39, 0.29) is 23.1 Å². The molecule has 4 aromatic carbocycles. The van der Waals surface area contributed by atoms with Crippen molar-refractivity contribution in [3.05, 3.63) is 137 Å². The summed E-state index contributed by atoms with van der Waals surface area (Å²) >= 11 is 1.70. The van der Waals surface area contributed by atoms with E-state index in [1.807, 2.05) is 66.7 Å². The van der Waals surface area contributed by atoms with E-state index in [2.05, 4.69) is 70.2 Å². The van der Waals surface area contributed by atoms with Crippen molar-refractivity contribution in [3.63, 3.8) is 0 Å². The van der Waals surface area contributed by atoms with Crippen LogP contribution >= 0.6 is 11.8 Å². The zero-order chi connectivity index (χ0) is 30.5. The van der Waals surface area contributed by atoms with Gasteiger partial charge in [0.1, 0.15) is 29.9 Å². The molecule has 6 rings (SSSR count). The zero-order valence-corrected chi connectivity index (χ0v) is 26.7. The lowest BCUT2D eigenvalue weighted by Crippen LogP contribution is -2.62. The van der Waals surface area contributed by atoms with E-state index in [1.165, 1.54) is 16.0 Å². The smallest absolute Gasteiger partial charge is 0.184 e. The maximum atomic E-state index is 6.85. The molecule has 5 nitrogen and oxygen atoms in total. The van der Waals surface area contributed by atoms with Crippen molar-refractivity contribution < 1.29 is 23.7 Å². The standard InChI is InChI=1S/C38H42O5S/c1-26-20-21-30(38(2,3)4)22-32(26)44-37-35(40-24-28-16-10-6-11-17-28)34(39-23-27-14-8-5-9-15-27)33-31(42-37)25-41-36(43-33)29-18-12-7-13-19-29/h5-22,31,33-37H,23-25H2,1-4H3. The van der Waals surface area contributed by atoms with Gasteiger partial charge in [-0.3, -0.25) is 0 Å². The summed E-state index contributed by atoms with van der Waals surface area (Å²) in [6.45, 7) is 10.2. The Labute approximate surface area is 265 Å². The molecule has 6 atom stereocenters. The number of benzene rings is 4. The summed E-state index contributed by atoms with van der Waals surface area (Å²) < 4.78 is 33.4. The topological polar surface area (TPSA) is 46.2 Å². The second-order valence-corrected chi connectivity index (χ2v) is 13.7. The van der Waals surface area contributed by atoms with Crippen LogP contribution in [0.25, 0.3) is 0 Å². The zero-order valence-electron chi connectivity index (χ0n) is 25.9. The molecule has 2 aliphatic heterocycles. The van der Waals surface area contributed by atoms with Gasteiger partial charge >= 0.3 is 0 Å². The fourth-order valence-corrected chi connectivity index (χ4v) is 6.90. The van der Waals surface area contributed by atoms with Crippen LogP contribution in [0.15, 0.2) is 114 Å². The highest BCUT2D eigenvalue weighted by Crippen LogP contribution is 2.43.